The molecule has 2 saturated carbocycles. The van der Waals surface area contributed by atoms with E-state index in [1.165, 1.54) is 163 Å². The van der Waals surface area contributed by atoms with Crippen LogP contribution in [-0.4, -0.2) is 9.97 Å². The lowest BCUT2D eigenvalue weighted by molar-refractivity contribution is 0.437. The van der Waals surface area contributed by atoms with Crippen molar-refractivity contribution in [1.29, 1.82) is 0 Å². The van der Waals surface area contributed by atoms with Gasteiger partial charge >= 0.3 is 0 Å². The number of aromatic nitrogens is 2. The topological polar surface area (TPSA) is 25.8 Å². The van der Waals surface area contributed by atoms with Crippen molar-refractivity contribution >= 4 is 64.9 Å². The van der Waals surface area contributed by atoms with Crippen LogP contribution in [0.1, 0.15) is 87.4 Å². The fourth-order valence-electron chi connectivity index (χ4n) is 11.0. The first kappa shape index (κ1) is 35.6. The summed E-state index contributed by atoms with van der Waals surface area (Å²) < 4.78 is 0. The third kappa shape index (κ3) is 6.07. The number of pyridine rings is 2. The van der Waals surface area contributed by atoms with Crippen LogP contribution in [0.4, 0.5) is 0 Å². The summed E-state index contributed by atoms with van der Waals surface area (Å²) in [6.45, 7) is 0. The van der Waals surface area contributed by atoms with Gasteiger partial charge in [0.15, 0.2) is 0 Å². The van der Waals surface area contributed by atoms with Crippen molar-refractivity contribution in [2.45, 2.75) is 76.0 Å². The van der Waals surface area contributed by atoms with Crippen LogP contribution in [0.3, 0.4) is 0 Å². The van der Waals surface area contributed by atoms with Crippen LogP contribution in [0.15, 0.2) is 158 Å². The summed E-state index contributed by atoms with van der Waals surface area (Å²) in [5.74, 6) is 1.01. The molecule has 8 aromatic carbocycles. The van der Waals surface area contributed by atoms with E-state index < -0.39 is 0 Å². The fraction of sp³-hybridized carbons (Fsp3) is 0.207. The molecule has 10 aromatic rings. The van der Waals surface area contributed by atoms with Gasteiger partial charge < -0.3 is 0 Å². The van der Waals surface area contributed by atoms with Gasteiger partial charge in [0.2, 0.25) is 0 Å². The van der Waals surface area contributed by atoms with Gasteiger partial charge in [-0.05, 0) is 132 Å². The van der Waals surface area contributed by atoms with Crippen molar-refractivity contribution in [1.82, 2.24) is 9.97 Å². The molecule has 0 radical (unpaired) electrons. The summed E-state index contributed by atoms with van der Waals surface area (Å²) in [5, 5.41) is 12.5. The largest absolute Gasteiger partial charge is 0.250 e. The van der Waals surface area contributed by atoms with Crippen molar-refractivity contribution in [3.05, 3.63) is 169 Å². The number of hydrogen-bond donors (Lipinski definition) is 0. The van der Waals surface area contributed by atoms with Crippen molar-refractivity contribution in [2.75, 3.05) is 0 Å². The van der Waals surface area contributed by atoms with Crippen LogP contribution >= 0.6 is 0 Å². The molecule has 2 heteroatoms. The van der Waals surface area contributed by atoms with Crippen LogP contribution in [0, 0.1) is 0 Å². The summed E-state index contributed by atoms with van der Waals surface area (Å²) in [7, 11) is 0. The van der Waals surface area contributed by atoms with E-state index in [-0.39, 0.29) is 0 Å². The molecule has 0 atom stereocenters. The van der Waals surface area contributed by atoms with Gasteiger partial charge in [-0.3, -0.25) is 9.97 Å². The monoisotopic (exact) mass is 772 g/mol. The Hall–Kier alpha value is -6.38. The Morgan fingerprint density at radius 1 is 0.317 bits per heavy atom. The van der Waals surface area contributed by atoms with Crippen LogP contribution in [0.5, 0.6) is 0 Å². The molecule has 290 valence electrons. The highest BCUT2D eigenvalue weighted by molar-refractivity contribution is 6.23. The third-order valence-electron chi connectivity index (χ3n) is 14.1. The molecule has 0 N–H and O–H groups in total. The molecule has 2 nitrogen and oxygen atoms in total. The Bertz CT molecular complexity index is 3290. The van der Waals surface area contributed by atoms with Crippen LogP contribution in [-0.2, 0) is 0 Å². The van der Waals surface area contributed by atoms with Gasteiger partial charge in [0.25, 0.3) is 0 Å². The Morgan fingerprint density at radius 3 is 1.45 bits per heavy atom. The van der Waals surface area contributed by atoms with Crippen molar-refractivity contribution in [3.63, 3.8) is 0 Å². The number of rotatable bonds is 5. The van der Waals surface area contributed by atoms with Crippen molar-refractivity contribution < 1.29 is 0 Å². The van der Waals surface area contributed by atoms with E-state index in [0.717, 1.165) is 11.0 Å². The van der Waals surface area contributed by atoms with E-state index in [2.05, 4.69) is 158 Å². The Kier molecular flexibility index (Phi) is 8.72. The average Bonchev–Trinajstić information content (AvgIpc) is 3.32. The summed E-state index contributed by atoms with van der Waals surface area (Å²) in [6, 6.07) is 59.5. The zero-order valence-electron chi connectivity index (χ0n) is 34.1. The molecule has 60 heavy (non-hydrogen) atoms. The molecule has 12 rings (SSSR count). The summed E-state index contributed by atoms with van der Waals surface area (Å²) in [5.41, 5.74) is 12.2. The Labute approximate surface area is 351 Å². The molecule has 0 unspecified atom stereocenters. The predicted molar refractivity (Wildman–Crippen MR) is 255 cm³/mol. The van der Waals surface area contributed by atoms with Crippen LogP contribution in [0.2, 0.25) is 0 Å². The Balaban J connectivity index is 1.15. The van der Waals surface area contributed by atoms with Gasteiger partial charge in [0.05, 0.1) is 11.0 Å². The first-order valence-corrected chi connectivity index (χ1v) is 22.4. The number of benzene rings is 8. The minimum absolute atomic E-state index is 0.468. The standard InChI is InChI=1S/C58H48N2/c1-3-15-39(16-4-1)53-32-29-41-27-31-50-51(36-54(40-17-5-2-6-18-40)60-58(50)57(41)59-53)44-28-30-49-52(35-44)56(46-26-24-38-14-8-10-20-43(38)34-46)48-22-12-11-21-47(48)55(49)45-25-23-37-13-7-9-19-42(37)33-45/h7-14,19-36,39-40H,1-6,15-18H2. The van der Waals surface area contributed by atoms with Crippen molar-refractivity contribution in [2.24, 2.45) is 0 Å². The smallest absolute Gasteiger partial charge is 0.0974 e. The number of hydrogen-bond acceptors (Lipinski definition) is 2. The molecule has 2 fully saturated rings. The summed E-state index contributed by atoms with van der Waals surface area (Å²) in [6.07, 6.45) is 12.7. The Morgan fingerprint density at radius 2 is 0.800 bits per heavy atom. The minimum Gasteiger partial charge on any atom is -0.250 e. The van der Waals surface area contributed by atoms with Gasteiger partial charge in [-0.2, -0.15) is 0 Å². The van der Waals surface area contributed by atoms with Crippen LogP contribution < -0.4 is 0 Å². The number of nitrogens with zero attached hydrogens (tertiary/aromatic N) is 2. The van der Waals surface area contributed by atoms with E-state index in [1.807, 2.05) is 0 Å². The predicted octanol–water partition coefficient (Wildman–Crippen LogP) is 16.5. The average molecular weight is 773 g/mol. The van der Waals surface area contributed by atoms with E-state index in [4.69, 9.17) is 9.97 Å². The molecule has 0 saturated heterocycles. The van der Waals surface area contributed by atoms with Crippen LogP contribution in [0.25, 0.3) is 98.3 Å². The van der Waals surface area contributed by atoms with E-state index >= 15 is 0 Å². The third-order valence-corrected chi connectivity index (χ3v) is 14.1. The zero-order valence-corrected chi connectivity index (χ0v) is 34.1. The molecule has 0 bridgehead atoms. The molecule has 2 aliphatic rings. The maximum atomic E-state index is 5.61. The molecule has 0 amide bonds. The molecular weight excluding hydrogens is 725 g/mol. The fourth-order valence-corrected chi connectivity index (χ4v) is 11.0. The van der Waals surface area contributed by atoms with Gasteiger partial charge in [-0.15, -0.1) is 0 Å². The molecule has 2 heterocycles. The molecule has 0 spiro atoms. The summed E-state index contributed by atoms with van der Waals surface area (Å²) >= 11 is 0. The van der Waals surface area contributed by atoms with Gasteiger partial charge in [0.1, 0.15) is 0 Å². The first-order chi connectivity index (χ1) is 29.7. The number of fused-ring (bicyclic) bond motifs is 7. The maximum Gasteiger partial charge on any atom is 0.0974 e. The quantitative estimate of drug-likeness (QED) is 0.129. The maximum absolute atomic E-state index is 5.61. The zero-order chi connectivity index (χ0) is 39.6. The van der Waals surface area contributed by atoms with Gasteiger partial charge in [0, 0.05) is 34.0 Å². The van der Waals surface area contributed by atoms with Gasteiger partial charge in [-0.25, -0.2) is 0 Å². The SMILES string of the molecule is c1ccc2cc(-c3c4ccccc4c(-c4ccc5ccccc5c4)c4cc(-c5cc(C6CCCCC6)nc6c5ccc5ccc(C7CCCCC7)nc56)ccc34)ccc2c1. The molecule has 2 aromatic heterocycles. The van der Waals surface area contributed by atoms with Gasteiger partial charge in [-0.1, -0.05) is 166 Å². The lowest BCUT2D eigenvalue weighted by Gasteiger charge is -2.24. The highest BCUT2D eigenvalue weighted by Crippen LogP contribution is 2.47. The summed E-state index contributed by atoms with van der Waals surface area (Å²) in [4.78, 5) is 11.1. The minimum atomic E-state index is 0.468. The highest BCUT2D eigenvalue weighted by atomic mass is 14.8. The first-order valence-electron chi connectivity index (χ1n) is 22.4. The molecule has 2 aliphatic carbocycles. The highest BCUT2D eigenvalue weighted by Gasteiger charge is 2.24. The second-order valence-corrected chi connectivity index (χ2v) is 17.7. The van der Waals surface area contributed by atoms with Crippen molar-refractivity contribution in [3.8, 4) is 33.4 Å². The van der Waals surface area contributed by atoms with E-state index in [9.17, 15) is 0 Å². The normalized spacial score (nSPS) is 15.5. The van der Waals surface area contributed by atoms with E-state index in [0.29, 0.717) is 11.8 Å². The lowest BCUT2D eigenvalue weighted by atomic mass is 9.83. The van der Waals surface area contributed by atoms with E-state index in [1.54, 1.807) is 0 Å². The second kappa shape index (κ2) is 14.7. The molecule has 0 aliphatic heterocycles. The molecular formula is C58H48N2. The second-order valence-electron chi connectivity index (χ2n) is 17.7. The lowest BCUT2D eigenvalue weighted by Crippen LogP contribution is -2.08.